The summed E-state index contributed by atoms with van der Waals surface area (Å²) in [7, 11) is 0. The number of ketones is 2. The van der Waals surface area contributed by atoms with Crippen LogP contribution in [0.3, 0.4) is 0 Å². The van der Waals surface area contributed by atoms with Crippen molar-refractivity contribution in [3.63, 3.8) is 0 Å². The molecule has 0 unspecified atom stereocenters. The number of nitrogens with zero attached hydrogens (tertiary/aromatic N) is 1. The molecule has 0 bridgehead atoms. The van der Waals surface area contributed by atoms with Crippen molar-refractivity contribution < 1.29 is 14.7 Å². The van der Waals surface area contributed by atoms with Gasteiger partial charge >= 0.3 is 0 Å². The van der Waals surface area contributed by atoms with Crippen LogP contribution >= 0.6 is 23.2 Å². The van der Waals surface area contributed by atoms with E-state index in [1.54, 1.807) is 6.07 Å². The van der Waals surface area contributed by atoms with Crippen LogP contribution in [0.1, 0.15) is 55.6 Å². The first kappa shape index (κ1) is 22.2. The highest BCUT2D eigenvalue weighted by Crippen LogP contribution is 2.52. The Hall–Kier alpha value is -2.56. The van der Waals surface area contributed by atoms with E-state index in [0.717, 1.165) is 43.5 Å². The van der Waals surface area contributed by atoms with Gasteiger partial charge in [0.25, 0.3) is 0 Å². The first-order chi connectivity index (χ1) is 16.0. The van der Waals surface area contributed by atoms with E-state index in [2.05, 4.69) is 17.0 Å². The second-order valence-corrected chi connectivity index (χ2v) is 9.76. The minimum Gasteiger partial charge on any atom is -0.506 e. The molecular weight excluding hydrogens is 457 g/mol. The first-order valence-corrected chi connectivity index (χ1v) is 12.2. The third-order valence-corrected chi connectivity index (χ3v) is 7.43. The van der Waals surface area contributed by atoms with Crippen molar-refractivity contribution in [3.8, 4) is 5.75 Å². The molecule has 5 rings (SSSR count). The van der Waals surface area contributed by atoms with Gasteiger partial charge in [-0.05, 0) is 49.8 Å². The van der Waals surface area contributed by atoms with Crippen molar-refractivity contribution in [2.24, 2.45) is 0 Å². The fourth-order valence-electron chi connectivity index (χ4n) is 5.49. The van der Waals surface area contributed by atoms with Crippen molar-refractivity contribution in [2.75, 3.05) is 6.54 Å². The molecule has 0 atom stereocenters. The second kappa shape index (κ2) is 9.00. The molecule has 0 fully saturated rings. The Balaban J connectivity index is 1.68. The minimum atomic E-state index is -0.625. The predicted octanol–water partition coefficient (Wildman–Crippen LogP) is 6.36. The van der Waals surface area contributed by atoms with Gasteiger partial charge in [-0.2, -0.15) is 0 Å². The molecule has 0 saturated carbocycles. The van der Waals surface area contributed by atoms with E-state index < -0.39 is 5.92 Å². The molecule has 2 aliphatic carbocycles. The van der Waals surface area contributed by atoms with Gasteiger partial charge < -0.3 is 10.0 Å². The van der Waals surface area contributed by atoms with Crippen molar-refractivity contribution in [1.82, 2.24) is 4.90 Å². The zero-order chi connectivity index (χ0) is 23.1. The number of phenolic OH excluding ortho intramolecular Hbond substituents is 1. The van der Waals surface area contributed by atoms with Crippen molar-refractivity contribution in [1.29, 1.82) is 0 Å². The quantitative estimate of drug-likeness (QED) is 0.552. The molecule has 2 aromatic rings. The highest BCUT2D eigenvalue weighted by atomic mass is 35.5. The zero-order valence-corrected chi connectivity index (χ0v) is 19.8. The normalized spacial score (nSPS) is 19.2. The SMILES string of the molecule is O=C1CCCC2=C1C(c1cc(Cl)cc(Cl)c1O)C1=C(CCCC1=O)N2CCc1ccccc1. The number of allylic oxidation sites excluding steroid dienone is 4. The van der Waals surface area contributed by atoms with Gasteiger partial charge in [0.15, 0.2) is 11.6 Å². The molecule has 0 aromatic heterocycles. The van der Waals surface area contributed by atoms with E-state index in [4.69, 9.17) is 23.2 Å². The Labute approximate surface area is 203 Å². The van der Waals surface area contributed by atoms with Gasteiger partial charge in [-0.25, -0.2) is 0 Å². The standard InChI is InChI=1S/C27H25Cl2NO3/c28-17-14-18(27(33)19(29)15-17)24-25-20(8-4-10-22(25)31)30(13-12-16-6-2-1-3-7-16)21-9-5-11-23(32)26(21)24/h1-3,6-7,14-15,24,33H,4-5,8-13H2. The van der Waals surface area contributed by atoms with Gasteiger partial charge in [0.1, 0.15) is 5.75 Å². The van der Waals surface area contributed by atoms with E-state index in [9.17, 15) is 14.7 Å². The summed E-state index contributed by atoms with van der Waals surface area (Å²) in [5.41, 5.74) is 4.87. The summed E-state index contributed by atoms with van der Waals surface area (Å²) in [5.74, 6) is -0.670. The Kier molecular flexibility index (Phi) is 6.07. The topological polar surface area (TPSA) is 57.6 Å². The molecule has 0 spiro atoms. The molecular formula is C27H25Cl2NO3. The number of halogens is 2. The molecule has 1 N–H and O–H groups in total. The number of hydrogen-bond donors (Lipinski definition) is 1. The number of carbonyl (C=O) groups is 2. The van der Waals surface area contributed by atoms with Crippen LogP contribution in [-0.2, 0) is 16.0 Å². The molecule has 170 valence electrons. The van der Waals surface area contributed by atoms with Crippen molar-refractivity contribution >= 4 is 34.8 Å². The second-order valence-electron chi connectivity index (χ2n) is 8.92. The number of aromatic hydroxyl groups is 1. The van der Waals surface area contributed by atoms with Crippen LogP contribution in [0.25, 0.3) is 0 Å². The summed E-state index contributed by atoms with van der Waals surface area (Å²) >= 11 is 12.6. The molecule has 4 nitrogen and oxygen atoms in total. The van der Waals surface area contributed by atoms with Crippen LogP contribution in [0.15, 0.2) is 65.0 Å². The van der Waals surface area contributed by atoms with Gasteiger partial charge in [0, 0.05) is 58.4 Å². The summed E-state index contributed by atoms with van der Waals surface area (Å²) in [5, 5.41) is 11.4. The van der Waals surface area contributed by atoms with E-state index in [0.29, 0.717) is 41.1 Å². The van der Waals surface area contributed by atoms with Gasteiger partial charge in [-0.15, -0.1) is 0 Å². The third kappa shape index (κ3) is 4.00. The molecule has 0 saturated heterocycles. The summed E-state index contributed by atoms with van der Waals surface area (Å²) in [6.45, 7) is 0.706. The van der Waals surface area contributed by atoms with Crippen LogP contribution in [0.5, 0.6) is 5.75 Å². The Morgan fingerprint density at radius 2 is 1.48 bits per heavy atom. The fraction of sp³-hybridized carbons (Fsp3) is 0.333. The molecule has 0 radical (unpaired) electrons. The highest BCUT2D eigenvalue weighted by Gasteiger charge is 2.44. The minimum absolute atomic E-state index is 0.0337. The Morgan fingerprint density at radius 3 is 2.09 bits per heavy atom. The number of hydrogen-bond acceptors (Lipinski definition) is 4. The number of Topliss-reactive ketones (excluding diaryl/α,β-unsaturated/α-hetero) is 2. The number of phenols is 1. The molecule has 1 heterocycles. The lowest BCUT2D eigenvalue weighted by atomic mass is 9.70. The Morgan fingerprint density at radius 1 is 0.879 bits per heavy atom. The summed E-state index contributed by atoms with van der Waals surface area (Å²) in [4.78, 5) is 28.9. The maximum Gasteiger partial charge on any atom is 0.161 e. The van der Waals surface area contributed by atoms with Crippen LogP contribution in [0.4, 0.5) is 0 Å². The van der Waals surface area contributed by atoms with E-state index in [-0.39, 0.29) is 22.3 Å². The summed E-state index contributed by atoms with van der Waals surface area (Å²) in [6, 6.07) is 13.4. The highest BCUT2D eigenvalue weighted by molar-refractivity contribution is 6.35. The molecule has 33 heavy (non-hydrogen) atoms. The zero-order valence-electron chi connectivity index (χ0n) is 18.2. The molecule has 3 aliphatic rings. The van der Waals surface area contributed by atoms with Gasteiger partial charge in [-0.3, -0.25) is 9.59 Å². The van der Waals surface area contributed by atoms with E-state index in [1.165, 1.54) is 11.6 Å². The molecule has 1 aliphatic heterocycles. The Bertz CT molecular complexity index is 1160. The maximum atomic E-state index is 13.3. The largest absolute Gasteiger partial charge is 0.506 e. The number of benzene rings is 2. The summed E-state index contributed by atoms with van der Waals surface area (Å²) < 4.78 is 0. The lowest BCUT2D eigenvalue weighted by Crippen LogP contribution is -2.40. The van der Waals surface area contributed by atoms with Crippen molar-refractivity contribution in [3.05, 3.63) is 86.2 Å². The fourth-order valence-corrected chi connectivity index (χ4v) is 6.00. The lowest BCUT2D eigenvalue weighted by molar-refractivity contribution is -0.117. The van der Waals surface area contributed by atoms with E-state index >= 15 is 0 Å². The summed E-state index contributed by atoms with van der Waals surface area (Å²) in [6.07, 6.45) is 4.80. The average Bonchev–Trinajstić information content (AvgIpc) is 2.80. The average molecular weight is 482 g/mol. The van der Waals surface area contributed by atoms with E-state index in [1.807, 2.05) is 18.2 Å². The van der Waals surface area contributed by atoms with Gasteiger partial charge in [0.05, 0.1) is 5.02 Å². The maximum absolute atomic E-state index is 13.3. The molecule has 6 heteroatoms. The third-order valence-electron chi connectivity index (χ3n) is 6.92. The molecule has 0 amide bonds. The van der Waals surface area contributed by atoms with Crippen molar-refractivity contribution in [2.45, 2.75) is 50.9 Å². The molecule has 2 aromatic carbocycles. The van der Waals surface area contributed by atoms with Crippen LogP contribution in [0.2, 0.25) is 10.0 Å². The number of rotatable bonds is 4. The monoisotopic (exact) mass is 481 g/mol. The first-order valence-electron chi connectivity index (χ1n) is 11.5. The van der Waals surface area contributed by atoms with Crippen LogP contribution in [-0.4, -0.2) is 28.1 Å². The van der Waals surface area contributed by atoms with Gasteiger partial charge in [-0.1, -0.05) is 53.5 Å². The smallest absolute Gasteiger partial charge is 0.161 e. The predicted molar refractivity (Wildman–Crippen MR) is 129 cm³/mol. The lowest BCUT2D eigenvalue weighted by Gasteiger charge is -2.44. The van der Waals surface area contributed by atoms with Crippen LogP contribution < -0.4 is 0 Å². The van der Waals surface area contributed by atoms with Gasteiger partial charge in [0.2, 0.25) is 0 Å². The number of carbonyl (C=O) groups excluding carboxylic acids is 2. The van der Waals surface area contributed by atoms with Crippen LogP contribution in [0, 0.1) is 0 Å².